The van der Waals surface area contributed by atoms with E-state index in [4.69, 9.17) is 4.42 Å². The van der Waals surface area contributed by atoms with Gasteiger partial charge in [0.2, 0.25) is 0 Å². The summed E-state index contributed by atoms with van der Waals surface area (Å²) in [5, 5.41) is 9.84. The van der Waals surface area contributed by atoms with Crippen LogP contribution in [0.4, 0.5) is 4.39 Å². The van der Waals surface area contributed by atoms with Crippen molar-refractivity contribution in [2.45, 2.75) is 6.10 Å². The molecule has 0 aliphatic rings. The van der Waals surface area contributed by atoms with Crippen molar-refractivity contribution >= 4 is 15.9 Å². The van der Waals surface area contributed by atoms with Gasteiger partial charge >= 0.3 is 0 Å². The fraction of sp³-hybridized carbons (Fsp3) is 0.100. The van der Waals surface area contributed by atoms with Crippen LogP contribution in [-0.4, -0.2) is 10.1 Å². The molecule has 78 valence electrons. The topological polar surface area (TPSA) is 46.3 Å². The van der Waals surface area contributed by atoms with E-state index in [1.807, 2.05) is 0 Å². The molecule has 3 nitrogen and oxygen atoms in total. The average Bonchev–Trinajstić information content (AvgIpc) is 2.65. The predicted molar refractivity (Wildman–Crippen MR) is 54.7 cm³/mol. The van der Waals surface area contributed by atoms with Gasteiger partial charge in [-0.15, -0.1) is 0 Å². The van der Waals surface area contributed by atoms with Crippen LogP contribution in [0.2, 0.25) is 0 Å². The molecule has 1 N–H and O–H groups in total. The fourth-order valence-corrected chi connectivity index (χ4v) is 1.60. The van der Waals surface area contributed by atoms with Crippen LogP contribution in [0, 0.1) is 5.82 Å². The highest BCUT2D eigenvalue weighted by atomic mass is 79.9. The van der Waals surface area contributed by atoms with Gasteiger partial charge in [0.15, 0.2) is 11.9 Å². The molecule has 0 aliphatic heterocycles. The molecule has 2 heterocycles. The zero-order valence-electron chi connectivity index (χ0n) is 7.52. The molecule has 0 spiro atoms. The van der Waals surface area contributed by atoms with Crippen molar-refractivity contribution in [1.82, 2.24) is 4.98 Å². The summed E-state index contributed by atoms with van der Waals surface area (Å²) in [7, 11) is 0. The normalized spacial score (nSPS) is 12.7. The van der Waals surface area contributed by atoms with Crippen LogP contribution in [0.15, 0.2) is 39.5 Å². The fourth-order valence-electron chi connectivity index (χ4n) is 1.18. The quantitative estimate of drug-likeness (QED) is 0.914. The van der Waals surface area contributed by atoms with Gasteiger partial charge in [-0.2, -0.15) is 0 Å². The molecule has 0 aliphatic carbocycles. The zero-order valence-corrected chi connectivity index (χ0v) is 9.11. The lowest BCUT2D eigenvalue weighted by atomic mass is 10.2. The minimum atomic E-state index is -0.991. The van der Waals surface area contributed by atoms with Gasteiger partial charge in [0.05, 0.1) is 22.6 Å². The Hall–Kier alpha value is -1.20. The van der Waals surface area contributed by atoms with Crippen LogP contribution >= 0.6 is 15.9 Å². The van der Waals surface area contributed by atoms with E-state index < -0.39 is 11.9 Å². The molecule has 2 aromatic rings. The smallest absolute Gasteiger partial charge is 0.154 e. The number of halogens is 2. The van der Waals surface area contributed by atoms with E-state index in [2.05, 4.69) is 20.9 Å². The van der Waals surface area contributed by atoms with Gasteiger partial charge in [0.25, 0.3) is 0 Å². The van der Waals surface area contributed by atoms with Crippen LogP contribution in [0.1, 0.15) is 17.6 Å². The maximum atomic E-state index is 12.6. The van der Waals surface area contributed by atoms with E-state index in [-0.39, 0.29) is 0 Å². The maximum absolute atomic E-state index is 12.6. The van der Waals surface area contributed by atoms with Gasteiger partial charge in [0, 0.05) is 0 Å². The van der Waals surface area contributed by atoms with Crippen molar-refractivity contribution in [3.63, 3.8) is 0 Å². The number of furan rings is 1. The van der Waals surface area contributed by atoms with Crippen LogP contribution in [-0.2, 0) is 0 Å². The first-order valence-corrected chi connectivity index (χ1v) is 5.00. The average molecular weight is 272 g/mol. The van der Waals surface area contributed by atoms with Crippen molar-refractivity contribution in [2.24, 2.45) is 0 Å². The van der Waals surface area contributed by atoms with E-state index in [1.165, 1.54) is 18.4 Å². The van der Waals surface area contributed by atoms with E-state index in [9.17, 15) is 9.50 Å². The monoisotopic (exact) mass is 271 g/mol. The SMILES string of the molecule is OC(c1ccc(F)cn1)c1occc1Br. The summed E-state index contributed by atoms with van der Waals surface area (Å²) in [6.07, 6.45) is 1.51. The van der Waals surface area contributed by atoms with Crippen molar-refractivity contribution in [3.05, 3.63) is 52.4 Å². The minimum Gasteiger partial charge on any atom is -0.465 e. The van der Waals surface area contributed by atoms with Crippen molar-refractivity contribution in [1.29, 1.82) is 0 Å². The Balaban J connectivity index is 2.32. The van der Waals surface area contributed by atoms with Crippen molar-refractivity contribution in [2.75, 3.05) is 0 Å². The zero-order chi connectivity index (χ0) is 10.8. The summed E-state index contributed by atoms with van der Waals surface area (Å²) in [5.41, 5.74) is 0.340. The van der Waals surface area contributed by atoms with Crippen LogP contribution < -0.4 is 0 Å². The van der Waals surface area contributed by atoms with Gasteiger partial charge in [-0.25, -0.2) is 4.39 Å². The lowest BCUT2D eigenvalue weighted by molar-refractivity contribution is 0.183. The lowest BCUT2D eigenvalue weighted by Gasteiger charge is -2.07. The number of rotatable bonds is 2. The summed E-state index contributed by atoms with van der Waals surface area (Å²) in [6, 6.07) is 4.32. The number of nitrogens with zero attached hydrogens (tertiary/aromatic N) is 1. The molecule has 2 aromatic heterocycles. The van der Waals surface area contributed by atoms with Crippen LogP contribution in [0.3, 0.4) is 0 Å². The van der Waals surface area contributed by atoms with E-state index in [0.717, 1.165) is 6.20 Å². The predicted octanol–water partition coefficient (Wildman–Crippen LogP) is 2.66. The Kier molecular flexibility index (Phi) is 2.83. The van der Waals surface area contributed by atoms with Crippen LogP contribution in [0.5, 0.6) is 0 Å². The molecule has 5 heteroatoms. The maximum Gasteiger partial charge on any atom is 0.154 e. The Bertz CT molecular complexity index is 455. The second-order valence-corrected chi connectivity index (χ2v) is 3.79. The van der Waals surface area contributed by atoms with Gasteiger partial charge in [-0.1, -0.05) is 0 Å². The number of aromatic nitrogens is 1. The summed E-state index contributed by atoms with van der Waals surface area (Å²) in [6.45, 7) is 0. The molecule has 2 rings (SSSR count). The molecule has 0 aromatic carbocycles. The van der Waals surface area contributed by atoms with Gasteiger partial charge in [-0.05, 0) is 34.1 Å². The highest BCUT2D eigenvalue weighted by Crippen LogP contribution is 2.28. The van der Waals surface area contributed by atoms with E-state index in [1.54, 1.807) is 6.07 Å². The molecular formula is C10H7BrFNO2. The third-order valence-electron chi connectivity index (χ3n) is 1.92. The molecule has 0 saturated heterocycles. The number of pyridine rings is 1. The molecule has 0 saturated carbocycles. The summed E-state index contributed by atoms with van der Waals surface area (Å²) >= 11 is 3.22. The minimum absolute atomic E-state index is 0.340. The lowest BCUT2D eigenvalue weighted by Crippen LogP contribution is -2.01. The molecule has 1 unspecified atom stereocenters. The molecule has 1 atom stereocenters. The summed E-state index contributed by atoms with van der Waals surface area (Å²) in [4.78, 5) is 3.77. The van der Waals surface area contributed by atoms with Crippen molar-refractivity contribution in [3.8, 4) is 0 Å². The number of aliphatic hydroxyl groups is 1. The molecule has 0 amide bonds. The molecule has 0 fully saturated rings. The Morgan fingerprint density at radius 1 is 1.40 bits per heavy atom. The number of hydrogen-bond donors (Lipinski definition) is 1. The highest BCUT2D eigenvalue weighted by molar-refractivity contribution is 9.10. The molecule has 0 radical (unpaired) electrons. The molecule has 15 heavy (non-hydrogen) atoms. The standard InChI is InChI=1S/C10H7BrFNO2/c11-7-3-4-15-10(7)9(14)8-2-1-6(12)5-13-8/h1-5,9,14H. The first-order chi connectivity index (χ1) is 7.18. The Morgan fingerprint density at radius 3 is 2.73 bits per heavy atom. The highest BCUT2D eigenvalue weighted by Gasteiger charge is 2.18. The number of aliphatic hydroxyl groups excluding tert-OH is 1. The number of hydrogen-bond acceptors (Lipinski definition) is 3. The first kappa shape index (κ1) is 10.3. The summed E-state index contributed by atoms with van der Waals surface area (Å²) in [5.74, 6) is -0.0847. The third kappa shape index (κ3) is 2.08. The van der Waals surface area contributed by atoms with E-state index in [0.29, 0.717) is 15.9 Å². The molecule has 0 bridgehead atoms. The summed E-state index contributed by atoms with van der Waals surface area (Å²) < 4.78 is 18.3. The van der Waals surface area contributed by atoms with Crippen LogP contribution in [0.25, 0.3) is 0 Å². The first-order valence-electron chi connectivity index (χ1n) is 4.21. The third-order valence-corrected chi connectivity index (χ3v) is 2.58. The van der Waals surface area contributed by atoms with Gasteiger partial charge in [-0.3, -0.25) is 4.98 Å². The Morgan fingerprint density at radius 2 is 2.20 bits per heavy atom. The van der Waals surface area contributed by atoms with Gasteiger partial charge in [0.1, 0.15) is 5.82 Å². The van der Waals surface area contributed by atoms with Gasteiger partial charge < -0.3 is 9.52 Å². The molecular weight excluding hydrogens is 265 g/mol. The second-order valence-electron chi connectivity index (χ2n) is 2.94. The van der Waals surface area contributed by atoms with E-state index >= 15 is 0 Å². The second kappa shape index (κ2) is 4.12. The Labute approximate surface area is 93.7 Å². The largest absolute Gasteiger partial charge is 0.465 e. The van der Waals surface area contributed by atoms with Crippen molar-refractivity contribution < 1.29 is 13.9 Å².